The summed E-state index contributed by atoms with van der Waals surface area (Å²) in [5, 5.41) is 5.76. The molecule has 0 spiro atoms. The molecule has 0 saturated heterocycles. The summed E-state index contributed by atoms with van der Waals surface area (Å²) in [6.45, 7) is -0.137. The van der Waals surface area contributed by atoms with Crippen molar-refractivity contribution in [2.75, 3.05) is 6.61 Å². The SMILES string of the molecule is O=COCCC(c1cn[nH]c1)C(F)(F)F. The maximum atomic E-state index is 12.5. The van der Waals surface area contributed by atoms with Crippen LogP contribution in [0.3, 0.4) is 0 Å². The molecule has 1 unspecified atom stereocenters. The van der Waals surface area contributed by atoms with Crippen LogP contribution in [0.4, 0.5) is 13.2 Å². The summed E-state index contributed by atoms with van der Waals surface area (Å²) in [5.41, 5.74) is 0.0389. The van der Waals surface area contributed by atoms with Gasteiger partial charge in [0.1, 0.15) is 0 Å². The molecule has 0 bridgehead atoms. The highest BCUT2D eigenvalue weighted by atomic mass is 19.4. The van der Waals surface area contributed by atoms with Gasteiger partial charge in [0.2, 0.25) is 0 Å². The van der Waals surface area contributed by atoms with Crippen molar-refractivity contribution in [1.82, 2.24) is 10.2 Å². The van der Waals surface area contributed by atoms with Crippen molar-refractivity contribution in [2.45, 2.75) is 18.5 Å². The Balaban J connectivity index is 2.67. The Morgan fingerprint density at radius 2 is 2.33 bits per heavy atom. The minimum atomic E-state index is -4.36. The number of nitrogens with one attached hydrogen (secondary N) is 1. The van der Waals surface area contributed by atoms with E-state index in [4.69, 9.17) is 0 Å². The molecule has 84 valence electrons. The van der Waals surface area contributed by atoms with Crippen LogP contribution in [0.1, 0.15) is 17.9 Å². The summed E-state index contributed by atoms with van der Waals surface area (Å²) in [5.74, 6) is -1.66. The first-order valence-corrected chi connectivity index (χ1v) is 4.16. The number of nitrogens with zero attached hydrogens (tertiary/aromatic N) is 1. The number of carbonyl (C=O) groups is 1. The molecule has 1 aromatic heterocycles. The third-order valence-electron chi connectivity index (χ3n) is 1.91. The Morgan fingerprint density at radius 3 is 2.80 bits per heavy atom. The van der Waals surface area contributed by atoms with E-state index in [-0.39, 0.29) is 25.1 Å². The zero-order valence-corrected chi connectivity index (χ0v) is 7.62. The van der Waals surface area contributed by atoms with Crippen LogP contribution in [-0.2, 0) is 9.53 Å². The first-order chi connectivity index (χ1) is 7.05. The second-order valence-electron chi connectivity index (χ2n) is 2.88. The van der Waals surface area contributed by atoms with Crippen molar-refractivity contribution in [3.8, 4) is 0 Å². The molecular weight excluding hydrogens is 213 g/mol. The van der Waals surface area contributed by atoms with E-state index in [2.05, 4.69) is 14.9 Å². The molecule has 0 aliphatic carbocycles. The lowest BCUT2D eigenvalue weighted by atomic mass is 9.99. The summed E-state index contributed by atoms with van der Waals surface area (Å²) in [6.07, 6.45) is -2.38. The van der Waals surface area contributed by atoms with E-state index in [1.165, 1.54) is 6.20 Å². The van der Waals surface area contributed by atoms with Crippen LogP contribution < -0.4 is 0 Å². The first-order valence-electron chi connectivity index (χ1n) is 4.16. The summed E-state index contributed by atoms with van der Waals surface area (Å²) >= 11 is 0. The van der Waals surface area contributed by atoms with Crippen LogP contribution in [0.2, 0.25) is 0 Å². The topological polar surface area (TPSA) is 55.0 Å². The molecule has 1 heterocycles. The maximum Gasteiger partial charge on any atom is 0.395 e. The van der Waals surface area contributed by atoms with Crippen molar-refractivity contribution >= 4 is 6.47 Å². The molecule has 1 atom stereocenters. The summed E-state index contributed by atoms with van der Waals surface area (Å²) in [7, 11) is 0. The average molecular weight is 222 g/mol. The van der Waals surface area contributed by atoms with Gasteiger partial charge < -0.3 is 4.74 Å². The molecule has 0 aliphatic rings. The standard InChI is InChI=1S/C8H9F3N2O2/c9-8(10,11)7(1-2-15-5-14)6-3-12-13-4-6/h3-5,7H,1-2H2,(H,12,13). The predicted molar refractivity (Wildman–Crippen MR) is 44.0 cm³/mol. The smallest absolute Gasteiger partial charge is 0.395 e. The zero-order chi connectivity index (χ0) is 11.3. The minimum absolute atomic E-state index is 0.0389. The fourth-order valence-corrected chi connectivity index (χ4v) is 1.20. The lowest BCUT2D eigenvalue weighted by Gasteiger charge is -2.18. The van der Waals surface area contributed by atoms with Gasteiger partial charge in [-0.15, -0.1) is 0 Å². The van der Waals surface area contributed by atoms with Crippen molar-refractivity contribution in [3.63, 3.8) is 0 Å². The number of ether oxygens (including phenoxy) is 1. The van der Waals surface area contributed by atoms with E-state index in [1.807, 2.05) is 0 Å². The van der Waals surface area contributed by atoms with E-state index in [1.54, 1.807) is 0 Å². The van der Waals surface area contributed by atoms with Gasteiger partial charge >= 0.3 is 6.18 Å². The van der Waals surface area contributed by atoms with Crippen LogP contribution in [0.5, 0.6) is 0 Å². The highest BCUT2D eigenvalue weighted by Crippen LogP contribution is 2.36. The molecule has 4 nitrogen and oxygen atoms in total. The van der Waals surface area contributed by atoms with Gasteiger partial charge in [0.25, 0.3) is 6.47 Å². The van der Waals surface area contributed by atoms with Gasteiger partial charge in [0, 0.05) is 11.8 Å². The second-order valence-corrected chi connectivity index (χ2v) is 2.88. The fraction of sp³-hybridized carbons (Fsp3) is 0.500. The number of carbonyl (C=O) groups excluding carboxylic acids is 1. The monoisotopic (exact) mass is 222 g/mol. The number of H-pyrrole nitrogens is 1. The zero-order valence-electron chi connectivity index (χ0n) is 7.62. The molecule has 0 fully saturated rings. The molecule has 1 N–H and O–H groups in total. The molecule has 0 aliphatic heterocycles. The molecule has 1 aromatic rings. The lowest BCUT2D eigenvalue weighted by molar-refractivity contribution is -0.156. The van der Waals surface area contributed by atoms with E-state index >= 15 is 0 Å². The Labute approximate surface area is 83.4 Å². The quantitative estimate of drug-likeness (QED) is 0.608. The van der Waals surface area contributed by atoms with Crippen molar-refractivity contribution in [3.05, 3.63) is 18.0 Å². The number of aromatic amines is 1. The lowest BCUT2D eigenvalue weighted by Crippen LogP contribution is -2.22. The summed E-state index contributed by atoms with van der Waals surface area (Å²) in [6, 6.07) is 0. The molecule has 0 aromatic carbocycles. The van der Waals surface area contributed by atoms with E-state index in [0.29, 0.717) is 0 Å². The highest BCUT2D eigenvalue weighted by Gasteiger charge is 2.40. The number of hydrogen-bond donors (Lipinski definition) is 1. The Kier molecular flexibility index (Phi) is 3.70. The van der Waals surface area contributed by atoms with Crippen LogP contribution >= 0.6 is 0 Å². The largest absolute Gasteiger partial charge is 0.468 e. The highest BCUT2D eigenvalue weighted by molar-refractivity contribution is 5.36. The number of rotatable bonds is 5. The number of alkyl halides is 3. The third kappa shape index (κ3) is 3.26. The van der Waals surface area contributed by atoms with Crippen molar-refractivity contribution in [1.29, 1.82) is 0 Å². The van der Waals surface area contributed by atoms with Gasteiger partial charge in [-0.1, -0.05) is 0 Å². The fourth-order valence-electron chi connectivity index (χ4n) is 1.20. The van der Waals surface area contributed by atoms with Gasteiger partial charge in [-0.3, -0.25) is 9.89 Å². The van der Waals surface area contributed by atoms with Crippen LogP contribution in [0, 0.1) is 0 Å². The van der Waals surface area contributed by atoms with Crippen molar-refractivity contribution < 1.29 is 22.7 Å². The van der Waals surface area contributed by atoms with Gasteiger partial charge in [0.15, 0.2) is 0 Å². The molecule has 1 rings (SSSR count). The van der Waals surface area contributed by atoms with Gasteiger partial charge in [-0.25, -0.2) is 0 Å². The summed E-state index contributed by atoms with van der Waals surface area (Å²) < 4.78 is 41.8. The molecule has 15 heavy (non-hydrogen) atoms. The third-order valence-corrected chi connectivity index (χ3v) is 1.91. The van der Waals surface area contributed by atoms with Crippen molar-refractivity contribution in [2.24, 2.45) is 0 Å². The summed E-state index contributed by atoms with van der Waals surface area (Å²) in [4.78, 5) is 9.80. The predicted octanol–water partition coefficient (Wildman–Crippen LogP) is 1.62. The Hall–Kier alpha value is -1.53. The molecule has 0 amide bonds. The minimum Gasteiger partial charge on any atom is -0.468 e. The Bertz CT molecular complexity index is 297. The Morgan fingerprint density at radius 1 is 1.60 bits per heavy atom. The normalized spacial score (nSPS) is 13.5. The molecule has 7 heteroatoms. The number of aromatic nitrogens is 2. The molecule has 0 saturated carbocycles. The van der Waals surface area contributed by atoms with Crippen LogP contribution in [-0.4, -0.2) is 29.5 Å². The van der Waals surface area contributed by atoms with E-state index < -0.39 is 12.1 Å². The first kappa shape index (κ1) is 11.5. The van der Waals surface area contributed by atoms with Crippen LogP contribution in [0.25, 0.3) is 0 Å². The van der Waals surface area contributed by atoms with E-state index in [0.717, 1.165) is 6.20 Å². The van der Waals surface area contributed by atoms with Gasteiger partial charge in [0.05, 0.1) is 18.7 Å². The molecular formula is C8H9F3N2O2. The number of hydrogen-bond acceptors (Lipinski definition) is 3. The maximum absolute atomic E-state index is 12.5. The number of halogens is 3. The second kappa shape index (κ2) is 4.81. The van der Waals surface area contributed by atoms with Gasteiger partial charge in [-0.2, -0.15) is 18.3 Å². The van der Waals surface area contributed by atoms with Crippen LogP contribution in [0.15, 0.2) is 12.4 Å². The van der Waals surface area contributed by atoms with E-state index in [9.17, 15) is 18.0 Å². The molecule has 0 radical (unpaired) electrons. The van der Waals surface area contributed by atoms with Gasteiger partial charge in [-0.05, 0) is 6.42 Å². The average Bonchev–Trinajstić information content (AvgIpc) is 2.63.